The molecule has 8 heteroatoms. The van der Waals surface area contributed by atoms with Gasteiger partial charge in [-0.2, -0.15) is 0 Å². The molecule has 2 aromatic rings. The number of carbonyl (C=O) groups is 3. The van der Waals surface area contributed by atoms with Crippen molar-refractivity contribution in [2.45, 2.75) is 20.8 Å². The Balaban J connectivity index is 2.18. The molecule has 0 spiro atoms. The highest BCUT2D eigenvalue weighted by Gasteiger charge is 2.23. The first kappa shape index (κ1) is 22.5. The zero-order chi connectivity index (χ0) is 21.8. The van der Waals surface area contributed by atoms with Gasteiger partial charge in [0.2, 0.25) is 5.91 Å². The maximum absolute atomic E-state index is 12.4. The smallest absolute Gasteiger partial charge is 0.352 e. The van der Waals surface area contributed by atoms with Gasteiger partial charge in [-0.3, -0.25) is 9.59 Å². The Hall–Kier alpha value is -2.83. The van der Waals surface area contributed by atoms with Gasteiger partial charge < -0.3 is 15.7 Å². The average molecular weight is 435 g/mol. The fourth-order valence-corrected chi connectivity index (χ4v) is 2.77. The minimum Gasteiger partial charge on any atom is -0.477 e. The van der Waals surface area contributed by atoms with Crippen LogP contribution < -0.4 is 10.6 Å². The summed E-state index contributed by atoms with van der Waals surface area (Å²) in [6, 6.07) is 11.2. The summed E-state index contributed by atoms with van der Waals surface area (Å²) in [6.07, 6.45) is 1.34. The number of halogens is 2. The third-order valence-corrected chi connectivity index (χ3v) is 4.46. The number of hydrogen-bond donors (Lipinski definition) is 3. The highest BCUT2D eigenvalue weighted by atomic mass is 35.5. The van der Waals surface area contributed by atoms with Gasteiger partial charge in [0.1, 0.15) is 5.70 Å². The van der Waals surface area contributed by atoms with E-state index in [1.807, 2.05) is 0 Å². The zero-order valence-electron chi connectivity index (χ0n) is 16.0. The summed E-state index contributed by atoms with van der Waals surface area (Å²) in [6.45, 7) is 5.06. The van der Waals surface area contributed by atoms with Gasteiger partial charge >= 0.3 is 5.97 Å². The Labute approximate surface area is 178 Å². The molecule has 0 atom stereocenters. The van der Waals surface area contributed by atoms with E-state index in [4.69, 9.17) is 23.2 Å². The molecule has 3 N–H and O–H groups in total. The van der Waals surface area contributed by atoms with Crippen LogP contribution in [-0.2, 0) is 9.59 Å². The zero-order valence-corrected chi connectivity index (χ0v) is 17.6. The van der Waals surface area contributed by atoms with Crippen LogP contribution in [0.4, 0.5) is 5.69 Å². The van der Waals surface area contributed by atoms with E-state index >= 15 is 0 Å². The molecule has 0 saturated heterocycles. The first-order valence-corrected chi connectivity index (χ1v) is 9.36. The molecule has 0 aliphatic carbocycles. The van der Waals surface area contributed by atoms with Crippen LogP contribution >= 0.6 is 23.2 Å². The Kier molecular flexibility index (Phi) is 7.06. The molecule has 2 rings (SSSR count). The second-order valence-electron chi connectivity index (χ2n) is 7.24. The molecule has 0 fully saturated rings. The van der Waals surface area contributed by atoms with Crippen molar-refractivity contribution < 1.29 is 19.5 Å². The molecule has 0 bridgehead atoms. The van der Waals surface area contributed by atoms with Crippen molar-refractivity contribution in [2.75, 3.05) is 5.32 Å². The molecule has 0 aliphatic heterocycles. The Morgan fingerprint density at radius 3 is 2.00 bits per heavy atom. The lowest BCUT2D eigenvalue weighted by molar-refractivity contribution is -0.136. The topological polar surface area (TPSA) is 95.5 Å². The van der Waals surface area contributed by atoms with Gasteiger partial charge in [-0.1, -0.05) is 62.2 Å². The number of carboxylic acids is 1. The number of carbonyl (C=O) groups excluding carboxylic acids is 2. The molecule has 6 nitrogen and oxygen atoms in total. The second-order valence-corrected chi connectivity index (χ2v) is 8.05. The summed E-state index contributed by atoms with van der Waals surface area (Å²) in [5.74, 6) is -2.13. The Bertz CT molecular complexity index is 957. The van der Waals surface area contributed by atoms with Crippen molar-refractivity contribution in [3.63, 3.8) is 0 Å². The lowest BCUT2D eigenvalue weighted by Crippen LogP contribution is -2.36. The summed E-state index contributed by atoms with van der Waals surface area (Å²) >= 11 is 12.1. The molecule has 2 aromatic carbocycles. The SMILES string of the molecule is CC(C)(C)C(=O)N/C(=C\c1ccc(NC(=O)c2c(Cl)cccc2Cl)cc1)C(=O)O. The molecule has 0 unspecified atom stereocenters. The fraction of sp³-hybridized carbons (Fsp3) is 0.190. The summed E-state index contributed by atoms with van der Waals surface area (Å²) in [5, 5.41) is 14.9. The minimum absolute atomic E-state index is 0.165. The van der Waals surface area contributed by atoms with E-state index in [1.54, 1.807) is 63.2 Å². The number of rotatable bonds is 5. The number of nitrogens with one attached hydrogen (secondary N) is 2. The molecular weight excluding hydrogens is 415 g/mol. The molecule has 0 saturated carbocycles. The van der Waals surface area contributed by atoms with Crippen LogP contribution in [0, 0.1) is 5.41 Å². The number of anilines is 1. The van der Waals surface area contributed by atoms with Crippen LogP contribution in [-0.4, -0.2) is 22.9 Å². The van der Waals surface area contributed by atoms with Crippen LogP contribution in [0.25, 0.3) is 6.08 Å². The average Bonchev–Trinajstić information content (AvgIpc) is 2.61. The third kappa shape index (κ3) is 6.07. The highest BCUT2D eigenvalue weighted by Crippen LogP contribution is 2.25. The van der Waals surface area contributed by atoms with Crippen molar-refractivity contribution in [1.82, 2.24) is 5.32 Å². The van der Waals surface area contributed by atoms with E-state index in [2.05, 4.69) is 10.6 Å². The molecule has 152 valence electrons. The largest absolute Gasteiger partial charge is 0.477 e. The lowest BCUT2D eigenvalue weighted by Gasteiger charge is -2.17. The van der Waals surface area contributed by atoms with E-state index in [-0.39, 0.29) is 21.3 Å². The summed E-state index contributed by atoms with van der Waals surface area (Å²) in [5.41, 5.74) is 0.189. The summed E-state index contributed by atoms with van der Waals surface area (Å²) in [4.78, 5) is 35.9. The number of carboxylic acid groups (broad SMARTS) is 1. The van der Waals surface area contributed by atoms with Gasteiger partial charge in [-0.15, -0.1) is 0 Å². The van der Waals surface area contributed by atoms with Gasteiger partial charge in [-0.05, 0) is 35.9 Å². The Morgan fingerprint density at radius 2 is 1.52 bits per heavy atom. The number of amides is 2. The van der Waals surface area contributed by atoms with Crippen LogP contribution in [0.3, 0.4) is 0 Å². The van der Waals surface area contributed by atoms with Gasteiger partial charge in [0, 0.05) is 11.1 Å². The third-order valence-electron chi connectivity index (χ3n) is 3.83. The summed E-state index contributed by atoms with van der Waals surface area (Å²) < 4.78 is 0. The van der Waals surface area contributed by atoms with Gasteiger partial charge in [0.25, 0.3) is 5.91 Å². The first-order valence-electron chi connectivity index (χ1n) is 8.61. The maximum atomic E-state index is 12.4. The lowest BCUT2D eigenvalue weighted by atomic mass is 9.95. The van der Waals surface area contributed by atoms with Crippen molar-refractivity contribution in [2.24, 2.45) is 5.41 Å². The monoisotopic (exact) mass is 434 g/mol. The first-order chi connectivity index (χ1) is 13.5. The minimum atomic E-state index is -1.26. The van der Waals surface area contributed by atoms with Gasteiger partial charge in [0.05, 0.1) is 15.6 Å². The van der Waals surface area contributed by atoms with E-state index in [0.29, 0.717) is 11.3 Å². The highest BCUT2D eigenvalue weighted by molar-refractivity contribution is 6.40. The summed E-state index contributed by atoms with van der Waals surface area (Å²) in [7, 11) is 0. The second kappa shape index (κ2) is 9.11. The molecular formula is C21H20Cl2N2O4. The number of hydrogen-bond acceptors (Lipinski definition) is 3. The number of aliphatic carboxylic acids is 1. The predicted octanol–water partition coefficient (Wildman–Crippen LogP) is 4.83. The quantitative estimate of drug-likeness (QED) is 0.586. The Morgan fingerprint density at radius 1 is 0.966 bits per heavy atom. The van der Waals surface area contributed by atoms with E-state index in [9.17, 15) is 19.5 Å². The van der Waals surface area contributed by atoms with Crippen molar-refractivity contribution in [3.05, 3.63) is 69.3 Å². The molecule has 2 amide bonds. The van der Waals surface area contributed by atoms with E-state index in [1.165, 1.54) is 6.08 Å². The van der Waals surface area contributed by atoms with E-state index < -0.39 is 23.2 Å². The standard InChI is InChI=1S/C21H20Cl2N2O4/c1-21(2,3)20(29)25-16(19(27)28)11-12-7-9-13(10-8-12)24-18(26)17-14(22)5-4-6-15(17)23/h4-11H,1-3H3,(H,24,26)(H,25,29)(H,27,28)/b16-11-. The normalized spacial score (nSPS) is 11.7. The van der Waals surface area contributed by atoms with Crippen LogP contribution in [0.1, 0.15) is 36.7 Å². The van der Waals surface area contributed by atoms with Crippen molar-refractivity contribution in [3.8, 4) is 0 Å². The molecule has 0 heterocycles. The van der Waals surface area contributed by atoms with Crippen molar-refractivity contribution >= 4 is 52.7 Å². The number of benzene rings is 2. The maximum Gasteiger partial charge on any atom is 0.352 e. The predicted molar refractivity (Wildman–Crippen MR) is 114 cm³/mol. The van der Waals surface area contributed by atoms with E-state index in [0.717, 1.165) is 0 Å². The molecule has 0 aliphatic rings. The molecule has 0 aromatic heterocycles. The van der Waals surface area contributed by atoms with Crippen LogP contribution in [0.15, 0.2) is 48.2 Å². The molecule has 29 heavy (non-hydrogen) atoms. The van der Waals surface area contributed by atoms with Gasteiger partial charge in [-0.25, -0.2) is 4.79 Å². The molecule has 0 radical (unpaired) electrons. The van der Waals surface area contributed by atoms with Crippen LogP contribution in [0.5, 0.6) is 0 Å². The van der Waals surface area contributed by atoms with Gasteiger partial charge in [0.15, 0.2) is 0 Å². The van der Waals surface area contributed by atoms with Crippen LogP contribution in [0.2, 0.25) is 10.0 Å². The fourth-order valence-electron chi connectivity index (χ4n) is 2.20. The van der Waals surface area contributed by atoms with Crippen molar-refractivity contribution in [1.29, 1.82) is 0 Å².